The van der Waals surface area contributed by atoms with E-state index in [2.05, 4.69) is 49.6 Å². The molecule has 0 aromatic rings. The molecule has 0 amide bonds. The molecule has 0 bridgehead atoms. The van der Waals surface area contributed by atoms with Crippen molar-refractivity contribution in [3.63, 3.8) is 0 Å². The van der Waals surface area contributed by atoms with E-state index in [0.29, 0.717) is 5.41 Å². The van der Waals surface area contributed by atoms with E-state index in [-0.39, 0.29) is 0 Å². The fourth-order valence-electron chi connectivity index (χ4n) is 3.45. The summed E-state index contributed by atoms with van der Waals surface area (Å²) in [5.41, 5.74) is 0.545. The van der Waals surface area contributed by atoms with Crippen LogP contribution in [-0.4, -0.2) is 35.1 Å². The third-order valence-corrected chi connectivity index (χ3v) is 6.75. The number of rotatable bonds is 3. The van der Waals surface area contributed by atoms with Gasteiger partial charge in [-0.2, -0.15) is 23.5 Å². The summed E-state index contributed by atoms with van der Waals surface area (Å²) in [4.78, 5) is 0. The molecular weight excluding hydrogens is 246 g/mol. The average molecular weight is 274 g/mol. The SMILES string of the molecule is CC1CC(NCC2CSCCS2)CC(C)(C)C1. The zero-order valence-corrected chi connectivity index (χ0v) is 13.1. The third-order valence-electron chi connectivity index (χ3n) is 3.91. The first kappa shape index (κ1) is 14.1. The highest BCUT2D eigenvalue weighted by molar-refractivity contribution is 8.06. The van der Waals surface area contributed by atoms with Crippen LogP contribution in [0.1, 0.15) is 40.0 Å². The van der Waals surface area contributed by atoms with Crippen molar-refractivity contribution >= 4 is 23.5 Å². The minimum atomic E-state index is 0.545. The lowest BCUT2D eigenvalue weighted by Gasteiger charge is -2.40. The zero-order valence-electron chi connectivity index (χ0n) is 11.5. The van der Waals surface area contributed by atoms with Gasteiger partial charge in [0, 0.05) is 35.1 Å². The summed E-state index contributed by atoms with van der Waals surface area (Å²) < 4.78 is 0. The third kappa shape index (κ3) is 4.68. The summed E-state index contributed by atoms with van der Waals surface area (Å²) in [5.74, 6) is 4.95. The van der Waals surface area contributed by atoms with Crippen LogP contribution in [0.2, 0.25) is 0 Å². The van der Waals surface area contributed by atoms with Gasteiger partial charge in [-0.05, 0) is 30.6 Å². The quantitative estimate of drug-likeness (QED) is 0.843. The maximum absolute atomic E-state index is 3.84. The second-order valence-electron chi connectivity index (χ2n) is 6.59. The normalized spacial score (nSPS) is 37.9. The van der Waals surface area contributed by atoms with Gasteiger partial charge in [-0.1, -0.05) is 20.8 Å². The summed E-state index contributed by atoms with van der Waals surface area (Å²) in [6, 6.07) is 0.765. The van der Waals surface area contributed by atoms with Crippen LogP contribution in [-0.2, 0) is 0 Å². The van der Waals surface area contributed by atoms with Gasteiger partial charge in [0.1, 0.15) is 0 Å². The first-order valence-corrected chi connectivity index (χ1v) is 9.18. The van der Waals surface area contributed by atoms with Crippen LogP contribution in [0.5, 0.6) is 0 Å². The predicted molar refractivity (Wildman–Crippen MR) is 82.2 cm³/mol. The molecule has 100 valence electrons. The summed E-state index contributed by atoms with van der Waals surface area (Å²) >= 11 is 4.30. The lowest BCUT2D eigenvalue weighted by Crippen LogP contribution is -2.43. The molecule has 0 radical (unpaired) electrons. The summed E-state index contributed by atoms with van der Waals surface area (Å²) in [6.07, 6.45) is 4.15. The summed E-state index contributed by atoms with van der Waals surface area (Å²) in [6.45, 7) is 8.51. The minimum absolute atomic E-state index is 0.545. The molecule has 1 aliphatic carbocycles. The van der Waals surface area contributed by atoms with E-state index in [4.69, 9.17) is 0 Å². The van der Waals surface area contributed by atoms with Gasteiger partial charge in [0.15, 0.2) is 0 Å². The monoisotopic (exact) mass is 273 g/mol. The predicted octanol–water partition coefficient (Wildman–Crippen LogP) is 3.64. The highest BCUT2D eigenvalue weighted by Crippen LogP contribution is 2.38. The van der Waals surface area contributed by atoms with Gasteiger partial charge in [-0.25, -0.2) is 0 Å². The van der Waals surface area contributed by atoms with E-state index in [1.54, 1.807) is 0 Å². The highest BCUT2D eigenvalue weighted by atomic mass is 32.2. The van der Waals surface area contributed by atoms with E-state index in [9.17, 15) is 0 Å². The van der Waals surface area contributed by atoms with Gasteiger partial charge >= 0.3 is 0 Å². The molecule has 3 atom stereocenters. The van der Waals surface area contributed by atoms with Crippen LogP contribution in [0.15, 0.2) is 0 Å². The lowest BCUT2D eigenvalue weighted by molar-refractivity contribution is 0.152. The van der Waals surface area contributed by atoms with Crippen LogP contribution >= 0.6 is 23.5 Å². The number of nitrogens with one attached hydrogen (secondary N) is 1. The Morgan fingerprint density at radius 3 is 2.71 bits per heavy atom. The van der Waals surface area contributed by atoms with Crippen molar-refractivity contribution in [3.8, 4) is 0 Å². The molecule has 0 aromatic heterocycles. The topological polar surface area (TPSA) is 12.0 Å². The van der Waals surface area contributed by atoms with Crippen molar-refractivity contribution in [1.82, 2.24) is 5.32 Å². The molecule has 1 N–H and O–H groups in total. The molecule has 1 nitrogen and oxygen atoms in total. The van der Waals surface area contributed by atoms with Gasteiger partial charge in [0.25, 0.3) is 0 Å². The molecule has 0 spiro atoms. The second kappa shape index (κ2) is 6.21. The molecule has 1 saturated heterocycles. The van der Waals surface area contributed by atoms with Crippen molar-refractivity contribution in [2.75, 3.05) is 23.8 Å². The smallest absolute Gasteiger partial charge is 0.0263 e. The van der Waals surface area contributed by atoms with Gasteiger partial charge in [-0.15, -0.1) is 0 Å². The summed E-state index contributed by atoms with van der Waals surface area (Å²) in [7, 11) is 0. The van der Waals surface area contributed by atoms with Crippen molar-refractivity contribution < 1.29 is 0 Å². The molecule has 0 aromatic carbocycles. The van der Waals surface area contributed by atoms with E-state index < -0.39 is 0 Å². The second-order valence-corrected chi connectivity index (χ2v) is 9.14. The molecule has 2 rings (SSSR count). The average Bonchev–Trinajstić information content (AvgIpc) is 2.25. The van der Waals surface area contributed by atoms with Crippen LogP contribution < -0.4 is 5.32 Å². The van der Waals surface area contributed by atoms with Crippen molar-refractivity contribution in [2.24, 2.45) is 11.3 Å². The van der Waals surface area contributed by atoms with E-state index >= 15 is 0 Å². The van der Waals surface area contributed by atoms with Crippen molar-refractivity contribution in [3.05, 3.63) is 0 Å². The molecule has 1 saturated carbocycles. The fourth-order valence-corrected chi connectivity index (χ4v) is 6.08. The van der Waals surface area contributed by atoms with E-state index in [1.807, 2.05) is 0 Å². The largest absolute Gasteiger partial charge is 0.313 e. The van der Waals surface area contributed by atoms with Crippen molar-refractivity contribution in [1.29, 1.82) is 0 Å². The Labute approximate surface area is 115 Å². The zero-order chi connectivity index (χ0) is 12.3. The Kier molecular flexibility index (Phi) is 5.14. The minimum Gasteiger partial charge on any atom is -0.313 e. The molecule has 3 heteroatoms. The van der Waals surface area contributed by atoms with Crippen molar-refractivity contribution in [2.45, 2.75) is 51.3 Å². The first-order valence-electron chi connectivity index (χ1n) is 6.98. The Bertz CT molecular complexity index is 236. The van der Waals surface area contributed by atoms with Gasteiger partial charge < -0.3 is 5.32 Å². The molecule has 1 heterocycles. The maximum Gasteiger partial charge on any atom is 0.0263 e. The molecule has 2 aliphatic rings. The number of hydrogen-bond donors (Lipinski definition) is 1. The molecule has 17 heavy (non-hydrogen) atoms. The van der Waals surface area contributed by atoms with Gasteiger partial charge in [0.2, 0.25) is 0 Å². The Morgan fingerprint density at radius 2 is 2.06 bits per heavy atom. The molecular formula is C14H27NS2. The summed E-state index contributed by atoms with van der Waals surface area (Å²) in [5, 5.41) is 4.70. The van der Waals surface area contributed by atoms with Crippen LogP contribution in [0.3, 0.4) is 0 Å². The first-order chi connectivity index (χ1) is 8.05. The number of thioether (sulfide) groups is 2. The van der Waals surface area contributed by atoms with E-state index in [1.165, 1.54) is 43.1 Å². The maximum atomic E-state index is 3.84. The molecule has 3 unspecified atom stereocenters. The Hall–Kier alpha value is 0.660. The van der Waals surface area contributed by atoms with Crippen LogP contribution in [0.25, 0.3) is 0 Å². The molecule has 2 fully saturated rings. The Balaban J connectivity index is 1.74. The molecule has 1 aliphatic heterocycles. The highest BCUT2D eigenvalue weighted by Gasteiger charge is 2.32. The van der Waals surface area contributed by atoms with Gasteiger partial charge in [-0.3, -0.25) is 0 Å². The standard InChI is InChI=1S/C14H27NS2/c1-11-6-12(8-14(2,3)7-11)15-9-13-10-16-4-5-17-13/h11-13,15H,4-10H2,1-3H3. The van der Waals surface area contributed by atoms with Gasteiger partial charge in [0.05, 0.1) is 0 Å². The van der Waals surface area contributed by atoms with Crippen LogP contribution in [0.4, 0.5) is 0 Å². The fraction of sp³-hybridized carbons (Fsp3) is 1.00. The Morgan fingerprint density at radius 1 is 1.24 bits per heavy atom. The van der Waals surface area contributed by atoms with E-state index in [0.717, 1.165) is 17.2 Å². The lowest BCUT2D eigenvalue weighted by atomic mass is 9.70. The van der Waals surface area contributed by atoms with Crippen LogP contribution in [0, 0.1) is 11.3 Å². The number of hydrogen-bond acceptors (Lipinski definition) is 3.